The molecule has 0 atom stereocenters. The van der Waals surface area contributed by atoms with Crippen LogP contribution in [-0.4, -0.2) is 60.1 Å². The van der Waals surface area contributed by atoms with Crippen molar-refractivity contribution in [3.8, 4) is 0 Å². The molecule has 8 heteroatoms. The maximum Gasteiger partial charge on any atom is 0.334 e. The van der Waals surface area contributed by atoms with Gasteiger partial charge in [0, 0.05) is 20.0 Å². The summed E-state index contributed by atoms with van der Waals surface area (Å²) >= 11 is 1.73. The highest BCUT2D eigenvalue weighted by atomic mass is 32.2. The number of rotatable bonds is 20. The fraction of sp³-hybridized carbons (Fsp3) is 0.609. The van der Waals surface area contributed by atoms with Crippen molar-refractivity contribution in [2.75, 3.05) is 45.5 Å². The number of allylic oxidation sites excluding steroid dienone is 2. The lowest BCUT2D eigenvalue weighted by Crippen LogP contribution is -2.37. The van der Waals surface area contributed by atoms with Crippen molar-refractivity contribution in [2.24, 2.45) is 5.41 Å². The van der Waals surface area contributed by atoms with Gasteiger partial charge in [0.2, 0.25) is 0 Å². The van der Waals surface area contributed by atoms with Crippen LogP contribution in [0.3, 0.4) is 0 Å². The maximum absolute atomic E-state index is 12.3. The lowest BCUT2D eigenvalue weighted by molar-refractivity contribution is -0.149. The minimum Gasteiger partial charge on any atom is -0.493 e. The molecule has 0 saturated carbocycles. The third kappa shape index (κ3) is 12.8. The maximum atomic E-state index is 12.3. The van der Waals surface area contributed by atoms with Crippen molar-refractivity contribution in [1.29, 1.82) is 0 Å². The van der Waals surface area contributed by atoms with E-state index in [0.717, 1.165) is 18.2 Å². The van der Waals surface area contributed by atoms with E-state index in [4.69, 9.17) is 23.1 Å². The lowest BCUT2D eigenvalue weighted by Gasteiger charge is -2.32. The first-order valence-corrected chi connectivity index (χ1v) is 14.1. The molecule has 0 unspecified atom stereocenters. The minimum absolute atomic E-state index is 0.188. The van der Waals surface area contributed by atoms with Gasteiger partial charge in [-0.25, -0.2) is 0 Å². The molecule has 0 rings (SSSR count). The predicted molar refractivity (Wildman–Crippen MR) is 131 cm³/mol. The Morgan fingerprint density at radius 2 is 1.48 bits per heavy atom. The zero-order valence-electron chi connectivity index (χ0n) is 19.7. The predicted octanol–water partition coefficient (Wildman–Crippen LogP) is 5.24. The van der Waals surface area contributed by atoms with Gasteiger partial charge in [0.15, 0.2) is 0 Å². The summed E-state index contributed by atoms with van der Waals surface area (Å²) in [7, 11) is 1.39. The van der Waals surface area contributed by atoms with Gasteiger partial charge in [-0.2, -0.15) is 11.8 Å². The number of hydrogen-bond acceptors (Lipinski definition) is 7. The van der Waals surface area contributed by atoms with E-state index < -0.39 is 14.0 Å². The topological polar surface area (TPSA) is 63.2 Å². The van der Waals surface area contributed by atoms with Crippen LogP contribution in [0.25, 0.3) is 0 Å². The number of thioether (sulfide) groups is 1. The van der Waals surface area contributed by atoms with Gasteiger partial charge in [0.25, 0.3) is 0 Å². The summed E-state index contributed by atoms with van der Waals surface area (Å²) in [6.07, 6.45) is 5.12. The third-order valence-corrected chi connectivity index (χ3v) is 9.17. The van der Waals surface area contributed by atoms with Crippen molar-refractivity contribution < 1.29 is 27.9 Å². The van der Waals surface area contributed by atoms with Crippen LogP contribution in [0.15, 0.2) is 50.0 Å². The van der Waals surface area contributed by atoms with Crippen molar-refractivity contribution in [3.05, 3.63) is 50.0 Å². The fourth-order valence-corrected chi connectivity index (χ4v) is 4.90. The first-order valence-electron chi connectivity index (χ1n) is 10.4. The monoisotopic (exact) mass is 472 g/mol. The van der Waals surface area contributed by atoms with Crippen LogP contribution in [0.1, 0.15) is 26.2 Å². The molecule has 0 fully saturated rings. The van der Waals surface area contributed by atoms with Crippen LogP contribution < -0.4 is 0 Å². The summed E-state index contributed by atoms with van der Waals surface area (Å²) in [6.45, 7) is 19.7. The Hall–Kier alpha value is -1.48. The molecule has 31 heavy (non-hydrogen) atoms. The van der Waals surface area contributed by atoms with Gasteiger partial charge in [-0.15, -0.1) is 0 Å². The highest BCUT2D eigenvalue weighted by Gasteiger charge is 2.33. The van der Waals surface area contributed by atoms with Crippen LogP contribution in [0.5, 0.6) is 0 Å². The summed E-state index contributed by atoms with van der Waals surface area (Å²) in [6, 6.07) is 0.933. The molecule has 6 nitrogen and oxygen atoms in total. The van der Waals surface area contributed by atoms with Crippen LogP contribution in [0.4, 0.5) is 0 Å². The lowest BCUT2D eigenvalue weighted by atomic mass is 9.88. The highest BCUT2D eigenvalue weighted by molar-refractivity contribution is 7.99. The highest BCUT2D eigenvalue weighted by Crippen LogP contribution is 2.26. The number of hydrogen-bond donors (Lipinski definition) is 0. The summed E-state index contributed by atoms with van der Waals surface area (Å²) in [4.78, 5) is 12.3. The molecule has 0 aromatic rings. The van der Waals surface area contributed by atoms with Gasteiger partial charge in [-0.05, 0) is 43.3 Å². The number of carbonyl (C=O) groups excluding carboxylic acids is 1. The molecule has 0 N–H and O–H groups in total. The van der Waals surface area contributed by atoms with Crippen molar-refractivity contribution in [3.63, 3.8) is 0 Å². The van der Waals surface area contributed by atoms with E-state index in [9.17, 15) is 4.79 Å². The van der Waals surface area contributed by atoms with Crippen LogP contribution in [0, 0.1) is 5.41 Å². The molecular weight excluding hydrogens is 432 g/mol. The first-order chi connectivity index (χ1) is 14.7. The molecule has 0 spiro atoms. The van der Waals surface area contributed by atoms with Crippen molar-refractivity contribution in [1.82, 2.24) is 0 Å². The Morgan fingerprint density at radius 3 is 1.94 bits per heavy atom. The van der Waals surface area contributed by atoms with E-state index in [2.05, 4.69) is 32.9 Å². The molecule has 0 aliphatic heterocycles. The molecule has 0 radical (unpaired) electrons. The number of esters is 1. The van der Waals surface area contributed by atoms with Gasteiger partial charge in [0.1, 0.15) is 31.3 Å². The molecular formula is C23H40O6SSi. The molecule has 0 saturated heterocycles. The van der Waals surface area contributed by atoms with E-state index in [-0.39, 0.29) is 12.6 Å². The summed E-state index contributed by atoms with van der Waals surface area (Å²) in [5, 5.41) is 0. The van der Waals surface area contributed by atoms with Gasteiger partial charge >= 0.3 is 14.5 Å². The van der Waals surface area contributed by atoms with Gasteiger partial charge in [-0.3, -0.25) is 4.79 Å². The summed E-state index contributed by atoms with van der Waals surface area (Å²) in [5.41, 5.74) is -0.518. The number of ether oxygens (including phenoxy) is 3. The molecule has 0 amide bonds. The van der Waals surface area contributed by atoms with Crippen molar-refractivity contribution >= 4 is 26.3 Å². The standard InChI is InChI=1S/C23H40O6SSi/c1-9-20(4)27-17-23(11-3,18-28-21(5)10-2)19-29-22(24)13-15-30-14-12-16-31(8,25-6)26-7/h9-10H,1-2,4-5,11-19H2,3,6-8H3. The molecule has 0 aliphatic carbocycles. The zero-order valence-corrected chi connectivity index (χ0v) is 21.5. The van der Waals surface area contributed by atoms with Gasteiger partial charge < -0.3 is 23.1 Å². The molecule has 0 bridgehead atoms. The van der Waals surface area contributed by atoms with Gasteiger partial charge in [-0.1, -0.05) is 33.2 Å². The molecule has 0 heterocycles. The number of carbonyl (C=O) groups is 1. The Kier molecular flexibility index (Phi) is 15.4. The van der Waals surface area contributed by atoms with E-state index in [1.165, 1.54) is 12.2 Å². The average molecular weight is 473 g/mol. The smallest absolute Gasteiger partial charge is 0.334 e. The fourth-order valence-electron chi connectivity index (χ4n) is 2.39. The van der Waals surface area contributed by atoms with Crippen molar-refractivity contribution in [2.45, 2.75) is 38.8 Å². The third-order valence-electron chi connectivity index (χ3n) is 5.11. The molecule has 0 aromatic heterocycles. The largest absolute Gasteiger partial charge is 0.493 e. The zero-order chi connectivity index (χ0) is 23.8. The Morgan fingerprint density at radius 1 is 0.968 bits per heavy atom. The average Bonchev–Trinajstić information content (AvgIpc) is 2.80. The van der Waals surface area contributed by atoms with E-state index >= 15 is 0 Å². The van der Waals surface area contributed by atoms with Crippen LogP contribution >= 0.6 is 11.8 Å². The summed E-state index contributed by atoms with van der Waals surface area (Å²) < 4.78 is 27.8. The van der Waals surface area contributed by atoms with E-state index in [1.807, 2.05) is 6.92 Å². The second-order valence-corrected chi connectivity index (χ2v) is 12.2. The van der Waals surface area contributed by atoms with Gasteiger partial charge in [0.05, 0.1) is 11.8 Å². The molecule has 0 aromatic carbocycles. The molecule has 0 aliphatic rings. The van der Waals surface area contributed by atoms with Crippen LogP contribution in [0.2, 0.25) is 12.6 Å². The Balaban J connectivity index is 4.49. The van der Waals surface area contributed by atoms with E-state index in [0.29, 0.717) is 43.3 Å². The van der Waals surface area contributed by atoms with Crippen LogP contribution in [-0.2, 0) is 27.9 Å². The Bertz CT molecular complexity index is 565. The SMILES string of the molecule is C=CC(=C)OCC(CC)(COC(=C)C=C)COC(=O)CCSCCC[Si](C)(OC)OC. The molecule has 178 valence electrons. The normalized spacial score (nSPS) is 11.5. The second-order valence-electron chi connectivity index (χ2n) is 7.44. The second kappa shape index (κ2) is 16.2. The Labute approximate surface area is 193 Å². The minimum atomic E-state index is -2.01. The van der Waals surface area contributed by atoms with E-state index in [1.54, 1.807) is 26.0 Å². The first kappa shape index (κ1) is 29.5. The summed E-state index contributed by atoms with van der Waals surface area (Å²) in [5.74, 6) is 2.36. The quantitative estimate of drug-likeness (QED) is 0.0789.